The van der Waals surface area contributed by atoms with E-state index >= 15 is 0 Å². The molecule has 0 radical (unpaired) electrons. The third kappa shape index (κ3) is 10.2. The van der Waals surface area contributed by atoms with Gasteiger partial charge in [-0.15, -0.1) is 0 Å². The summed E-state index contributed by atoms with van der Waals surface area (Å²) in [7, 11) is -8.35. The summed E-state index contributed by atoms with van der Waals surface area (Å²) in [6.45, 7) is -3.63. The summed E-state index contributed by atoms with van der Waals surface area (Å²) in [4.78, 5) is 27.7. The van der Waals surface area contributed by atoms with Gasteiger partial charge >= 0.3 is 13.2 Å². The first-order valence-electron chi connectivity index (χ1n) is 19.3. The Morgan fingerprint density at radius 2 is 1.03 bits per heavy atom. The zero-order chi connectivity index (χ0) is 45.6. The number of amides is 2. The van der Waals surface area contributed by atoms with Gasteiger partial charge in [-0.25, -0.2) is 25.4 Å². The molecule has 1 saturated heterocycles. The maximum atomic E-state index is 13.6. The number of nitrogens with one attached hydrogen (secondary N) is 1. The molecule has 334 valence electrons. The Bertz CT molecular complexity index is 2760. The first-order chi connectivity index (χ1) is 30.6. The summed E-state index contributed by atoms with van der Waals surface area (Å²) in [6, 6.07) is 34.7. The van der Waals surface area contributed by atoms with Crippen LogP contribution in [0.2, 0.25) is 0 Å². The molecule has 3 aliphatic rings. The molecule has 0 atom stereocenters. The maximum absolute atomic E-state index is 13.6. The number of benzene rings is 5. The molecular weight excluding hydrogens is 904 g/mol. The molecule has 3 aliphatic heterocycles. The van der Waals surface area contributed by atoms with Crippen molar-refractivity contribution in [1.29, 1.82) is 0 Å². The molecule has 1 N–H and O–H groups in total. The number of ether oxygens (including phenoxy) is 3. The number of hydrogen-bond donors (Lipinski definition) is 1. The van der Waals surface area contributed by atoms with E-state index in [0.717, 1.165) is 23.1 Å². The van der Waals surface area contributed by atoms with Crippen molar-refractivity contribution in [2.24, 2.45) is 0 Å². The minimum Gasteiger partial charge on any atom is -0.435 e. The molecule has 0 saturated carbocycles. The molecule has 0 aromatic heterocycles. The van der Waals surface area contributed by atoms with Crippen LogP contribution in [0.3, 0.4) is 0 Å². The van der Waals surface area contributed by atoms with E-state index in [9.17, 15) is 44.0 Å². The van der Waals surface area contributed by atoms with Gasteiger partial charge in [0.2, 0.25) is 0 Å². The summed E-state index contributed by atoms with van der Waals surface area (Å²) in [5.74, 6) is -1.68. The van der Waals surface area contributed by atoms with E-state index in [1.807, 2.05) is 12.1 Å². The van der Waals surface area contributed by atoms with Crippen LogP contribution >= 0.6 is 11.6 Å². The number of alkyl halides is 4. The Balaban J connectivity index is 0.000000206. The molecule has 2 amide bonds. The molecule has 20 heteroatoms. The van der Waals surface area contributed by atoms with E-state index in [1.54, 1.807) is 72.8 Å². The normalized spacial score (nSPS) is 17.0. The molecule has 0 spiro atoms. The number of morpholine rings is 1. The Hall–Kier alpha value is -6.41. The van der Waals surface area contributed by atoms with Gasteiger partial charge in [0.15, 0.2) is 0 Å². The standard InChI is InChI=1S/C27H25F2N3O5S.C17H12ClF2NO4S/c28-27(29)37-23-12-6-19(7-13-23)18-32-26(33)24(25(38(32,34)35)20-4-2-1-3-5-20)30-21-8-10-22(11-9-21)31-14-16-36-17-15-31;18-14-15(12-4-2-1-3-5-12)26(23,24)21(16(14)22)10-11-6-8-13(9-7-11)25-17(19)20/h1-13,27,30H,14-18H2;1-9,17H,10H2. The van der Waals surface area contributed by atoms with Crippen LogP contribution in [0.4, 0.5) is 28.9 Å². The fraction of sp³-hybridized carbons (Fsp3) is 0.182. The number of hydrogen-bond acceptors (Lipinski definition) is 11. The fourth-order valence-electron chi connectivity index (χ4n) is 6.89. The van der Waals surface area contributed by atoms with Crippen molar-refractivity contribution >= 4 is 64.6 Å². The van der Waals surface area contributed by atoms with Crippen LogP contribution in [0.5, 0.6) is 11.5 Å². The van der Waals surface area contributed by atoms with E-state index in [4.69, 9.17) is 16.3 Å². The van der Waals surface area contributed by atoms with Gasteiger partial charge < -0.3 is 24.4 Å². The van der Waals surface area contributed by atoms with Gasteiger partial charge in [0.05, 0.1) is 26.3 Å². The third-order valence-electron chi connectivity index (χ3n) is 9.91. The highest BCUT2D eigenvalue weighted by Gasteiger charge is 2.45. The molecule has 1 fully saturated rings. The van der Waals surface area contributed by atoms with Crippen LogP contribution in [0.25, 0.3) is 9.81 Å². The second kappa shape index (κ2) is 19.5. The number of carbonyl (C=O) groups excluding carboxylic acids is 2. The SMILES string of the molecule is O=C1C(Cl)=C(c2ccccc2)S(=O)(=O)N1Cc1ccc(OC(F)F)cc1.O=C1C(Nc2ccc(N3CCOCC3)cc2)=C(c2ccccc2)S(=O)(=O)N1Cc1ccc(OC(F)F)cc1. The molecule has 0 bridgehead atoms. The lowest BCUT2D eigenvalue weighted by atomic mass is 10.1. The number of nitrogens with zero attached hydrogens (tertiary/aromatic N) is 3. The lowest BCUT2D eigenvalue weighted by Gasteiger charge is -2.29. The minimum atomic E-state index is -4.22. The molecule has 0 unspecified atom stereocenters. The first kappa shape index (κ1) is 45.6. The van der Waals surface area contributed by atoms with Crippen molar-refractivity contribution in [2.75, 3.05) is 36.5 Å². The number of sulfonamides is 2. The number of halogens is 5. The van der Waals surface area contributed by atoms with Gasteiger partial charge in [-0.05, 0) is 70.8 Å². The van der Waals surface area contributed by atoms with Crippen molar-refractivity contribution in [3.63, 3.8) is 0 Å². The Kier molecular flexibility index (Phi) is 13.9. The predicted octanol–water partition coefficient (Wildman–Crippen LogP) is 7.85. The summed E-state index contributed by atoms with van der Waals surface area (Å²) < 4.78 is 118. The average Bonchev–Trinajstić information content (AvgIpc) is 3.57. The maximum Gasteiger partial charge on any atom is 0.387 e. The number of carbonyl (C=O) groups is 2. The second-order valence-corrected chi connectivity index (χ2v) is 18.0. The molecule has 64 heavy (non-hydrogen) atoms. The largest absolute Gasteiger partial charge is 0.435 e. The summed E-state index contributed by atoms with van der Waals surface area (Å²) in [6.07, 6.45) is 0. The summed E-state index contributed by atoms with van der Waals surface area (Å²) in [5, 5.41) is 2.65. The molecule has 5 aromatic rings. The van der Waals surface area contributed by atoms with E-state index < -0.39 is 45.1 Å². The third-order valence-corrected chi connectivity index (χ3v) is 14.0. The second-order valence-electron chi connectivity index (χ2n) is 14.0. The quantitative estimate of drug-likeness (QED) is 0.115. The van der Waals surface area contributed by atoms with E-state index in [-0.39, 0.29) is 45.1 Å². The van der Waals surface area contributed by atoms with Crippen molar-refractivity contribution in [3.8, 4) is 11.5 Å². The van der Waals surface area contributed by atoms with Crippen LogP contribution in [0.15, 0.2) is 144 Å². The van der Waals surface area contributed by atoms with Crippen LogP contribution in [-0.2, 0) is 47.5 Å². The van der Waals surface area contributed by atoms with Gasteiger partial charge in [0, 0.05) is 24.5 Å². The van der Waals surface area contributed by atoms with E-state index in [2.05, 4.69) is 19.7 Å². The topological polar surface area (TPSA) is 152 Å². The van der Waals surface area contributed by atoms with Crippen molar-refractivity contribution < 1.29 is 58.2 Å². The van der Waals surface area contributed by atoms with E-state index in [0.29, 0.717) is 45.5 Å². The number of rotatable bonds is 13. The Morgan fingerprint density at radius 1 is 0.594 bits per heavy atom. The summed E-state index contributed by atoms with van der Waals surface area (Å²) in [5.41, 5.74) is 3.04. The molecule has 13 nitrogen and oxygen atoms in total. The van der Waals surface area contributed by atoms with Gasteiger partial charge in [0.1, 0.15) is 32.0 Å². The van der Waals surface area contributed by atoms with Crippen molar-refractivity contribution in [2.45, 2.75) is 26.3 Å². The summed E-state index contributed by atoms with van der Waals surface area (Å²) >= 11 is 6.00. The number of anilines is 2. The van der Waals surface area contributed by atoms with E-state index in [1.165, 1.54) is 48.5 Å². The Morgan fingerprint density at radius 3 is 1.50 bits per heavy atom. The monoisotopic (exact) mass is 940 g/mol. The van der Waals surface area contributed by atoms with Crippen molar-refractivity contribution in [3.05, 3.63) is 166 Å². The molecule has 0 aliphatic carbocycles. The van der Waals surface area contributed by atoms with Gasteiger partial charge in [0.25, 0.3) is 31.9 Å². The van der Waals surface area contributed by atoms with Gasteiger partial charge in [-0.2, -0.15) is 17.6 Å². The smallest absolute Gasteiger partial charge is 0.387 e. The first-order valence-corrected chi connectivity index (χ1v) is 22.6. The lowest BCUT2D eigenvalue weighted by Crippen LogP contribution is -2.36. The minimum absolute atomic E-state index is 0.0621. The van der Waals surface area contributed by atoms with Gasteiger partial charge in [-0.1, -0.05) is 96.5 Å². The van der Waals surface area contributed by atoms with Crippen LogP contribution in [0.1, 0.15) is 22.3 Å². The van der Waals surface area contributed by atoms with Crippen LogP contribution < -0.4 is 19.7 Å². The van der Waals surface area contributed by atoms with Crippen molar-refractivity contribution in [1.82, 2.24) is 8.61 Å². The van der Waals surface area contributed by atoms with Crippen LogP contribution in [0, 0.1) is 0 Å². The molecule has 8 rings (SSSR count). The average molecular weight is 941 g/mol. The lowest BCUT2D eigenvalue weighted by molar-refractivity contribution is -0.123. The zero-order valence-electron chi connectivity index (χ0n) is 33.3. The zero-order valence-corrected chi connectivity index (χ0v) is 35.7. The Labute approximate surface area is 370 Å². The highest BCUT2D eigenvalue weighted by Crippen LogP contribution is 2.39. The fourth-order valence-corrected chi connectivity index (χ4v) is 10.7. The highest BCUT2D eigenvalue weighted by molar-refractivity contribution is 8.00. The molecule has 3 heterocycles. The van der Waals surface area contributed by atoms with Crippen LogP contribution in [-0.4, -0.2) is 76.8 Å². The predicted molar refractivity (Wildman–Crippen MR) is 231 cm³/mol. The van der Waals surface area contributed by atoms with Gasteiger partial charge in [-0.3, -0.25) is 9.59 Å². The molecule has 5 aromatic carbocycles. The highest BCUT2D eigenvalue weighted by atomic mass is 35.5. The molecular formula is C44H37ClF4N4O9S2.